The van der Waals surface area contributed by atoms with Crippen molar-refractivity contribution in [3.05, 3.63) is 59.7 Å². The zero-order valence-corrected chi connectivity index (χ0v) is 20.3. The summed E-state index contributed by atoms with van der Waals surface area (Å²) in [4.78, 5) is 36.8. The number of hydrogen-bond acceptors (Lipinski definition) is 4. The van der Waals surface area contributed by atoms with Gasteiger partial charge in [-0.25, -0.2) is 9.59 Å². The van der Waals surface area contributed by atoms with Gasteiger partial charge in [0.25, 0.3) is 0 Å². The minimum Gasteiger partial charge on any atom is -0.480 e. The lowest BCUT2D eigenvalue weighted by molar-refractivity contribution is -0.143. The summed E-state index contributed by atoms with van der Waals surface area (Å²) in [7, 11) is 0. The van der Waals surface area contributed by atoms with E-state index in [-0.39, 0.29) is 42.7 Å². The van der Waals surface area contributed by atoms with Crippen molar-refractivity contribution < 1.29 is 24.2 Å². The standard InChI is InChI=1S/C28H34N2O5/c1-3-17(2)26(27(32)33)30-25(31)15-18-9-8-14-24(18)29-28(34)35-16-23-21-12-6-4-10-19(21)20-11-5-7-13-22(20)23/h4-7,10-13,17-18,23-24,26H,3,8-9,14-16H2,1-2H3,(H,29,34)(H,30,31)(H,32,33)/t17?,18-,24+,26-/m0/s1. The molecule has 186 valence electrons. The van der Waals surface area contributed by atoms with Crippen LogP contribution in [-0.4, -0.2) is 41.8 Å². The van der Waals surface area contributed by atoms with Gasteiger partial charge in [-0.15, -0.1) is 0 Å². The molecule has 1 fully saturated rings. The minimum absolute atomic E-state index is 0.00758. The molecule has 7 heteroatoms. The monoisotopic (exact) mass is 478 g/mol. The topological polar surface area (TPSA) is 105 Å². The van der Waals surface area contributed by atoms with Gasteiger partial charge in [-0.1, -0.05) is 75.2 Å². The van der Waals surface area contributed by atoms with Crippen molar-refractivity contribution in [1.82, 2.24) is 10.6 Å². The normalized spacial score (nSPS) is 20.4. The molecule has 7 nitrogen and oxygen atoms in total. The highest BCUT2D eigenvalue weighted by Crippen LogP contribution is 2.44. The van der Waals surface area contributed by atoms with Crippen LogP contribution in [0.4, 0.5) is 4.79 Å². The average molecular weight is 479 g/mol. The Balaban J connectivity index is 1.32. The Morgan fingerprint density at radius 1 is 1.03 bits per heavy atom. The van der Waals surface area contributed by atoms with E-state index in [9.17, 15) is 19.5 Å². The first-order valence-electron chi connectivity index (χ1n) is 12.5. The number of amides is 2. The second-order valence-corrected chi connectivity index (χ2v) is 9.74. The number of carbonyl (C=O) groups excluding carboxylic acids is 2. The van der Waals surface area contributed by atoms with Crippen LogP contribution < -0.4 is 10.6 Å². The third kappa shape index (κ3) is 5.50. The lowest BCUT2D eigenvalue weighted by Crippen LogP contribution is -2.46. The number of aliphatic carboxylic acids is 1. The highest BCUT2D eigenvalue weighted by atomic mass is 16.5. The Kier molecular flexibility index (Phi) is 7.73. The fourth-order valence-corrected chi connectivity index (χ4v) is 5.42. The summed E-state index contributed by atoms with van der Waals surface area (Å²) in [5, 5.41) is 15.1. The number of nitrogens with one attached hydrogen (secondary N) is 2. The molecule has 0 saturated heterocycles. The van der Waals surface area contributed by atoms with Crippen LogP contribution in [0, 0.1) is 11.8 Å². The maximum absolute atomic E-state index is 12.7. The molecule has 0 heterocycles. The average Bonchev–Trinajstić information content (AvgIpc) is 3.42. The number of ether oxygens (including phenoxy) is 1. The van der Waals surface area contributed by atoms with Crippen LogP contribution in [0.1, 0.15) is 63.0 Å². The third-order valence-corrected chi connectivity index (χ3v) is 7.55. The molecule has 4 rings (SSSR count). The first-order chi connectivity index (χ1) is 16.9. The molecule has 2 aliphatic carbocycles. The van der Waals surface area contributed by atoms with Crippen LogP contribution >= 0.6 is 0 Å². The van der Waals surface area contributed by atoms with Crippen molar-refractivity contribution in [2.24, 2.45) is 11.8 Å². The molecule has 35 heavy (non-hydrogen) atoms. The molecule has 0 aromatic heterocycles. The summed E-state index contributed by atoms with van der Waals surface area (Å²) < 4.78 is 5.67. The second kappa shape index (κ2) is 10.9. The van der Waals surface area contributed by atoms with Crippen LogP contribution in [0.5, 0.6) is 0 Å². The summed E-state index contributed by atoms with van der Waals surface area (Å²) >= 11 is 0. The second-order valence-electron chi connectivity index (χ2n) is 9.74. The SMILES string of the molecule is CCC(C)[C@H](NC(=O)C[C@@H]1CCC[C@H]1NC(=O)OCC1c2ccccc2-c2ccccc21)C(=O)O. The number of benzene rings is 2. The van der Waals surface area contributed by atoms with Gasteiger partial charge >= 0.3 is 12.1 Å². The molecule has 0 aliphatic heterocycles. The number of hydrogen-bond donors (Lipinski definition) is 3. The van der Waals surface area contributed by atoms with E-state index < -0.39 is 18.1 Å². The minimum atomic E-state index is -1.02. The van der Waals surface area contributed by atoms with Crippen LogP contribution in [0.25, 0.3) is 11.1 Å². The number of alkyl carbamates (subject to hydrolysis) is 1. The number of carboxylic acids is 1. The lowest BCUT2D eigenvalue weighted by Gasteiger charge is -2.24. The van der Waals surface area contributed by atoms with E-state index in [1.54, 1.807) is 0 Å². The van der Waals surface area contributed by atoms with Crippen LogP contribution in [0.2, 0.25) is 0 Å². The Bertz CT molecular complexity index is 1040. The molecule has 3 N–H and O–H groups in total. The Labute approximate surface area is 206 Å². The molecule has 0 bridgehead atoms. The molecule has 2 aliphatic rings. The van der Waals surface area contributed by atoms with Gasteiger partial charge in [-0.2, -0.15) is 0 Å². The molecule has 2 aromatic rings. The zero-order valence-electron chi connectivity index (χ0n) is 20.3. The predicted octanol–water partition coefficient (Wildman–Crippen LogP) is 4.70. The maximum Gasteiger partial charge on any atom is 0.407 e. The van der Waals surface area contributed by atoms with Crippen molar-refractivity contribution in [3.8, 4) is 11.1 Å². The molecule has 1 saturated carbocycles. The molecular formula is C28H34N2O5. The van der Waals surface area contributed by atoms with Crippen molar-refractivity contribution in [2.75, 3.05) is 6.61 Å². The highest BCUT2D eigenvalue weighted by molar-refractivity contribution is 5.84. The Morgan fingerprint density at radius 2 is 1.66 bits per heavy atom. The van der Waals surface area contributed by atoms with Crippen LogP contribution in [0.3, 0.4) is 0 Å². The van der Waals surface area contributed by atoms with Gasteiger partial charge in [-0.3, -0.25) is 4.79 Å². The Hall–Kier alpha value is -3.35. The van der Waals surface area contributed by atoms with E-state index in [4.69, 9.17) is 4.74 Å². The van der Waals surface area contributed by atoms with Gasteiger partial charge in [0.05, 0.1) is 0 Å². The van der Waals surface area contributed by atoms with E-state index in [0.29, 0.717) is 6.42 Å². The Morgan fingerprint density at radius 3 is 2.26 bits per heavy atom. The fourth-order valence-electron chi connectivity index (χ4n) is 5.42. The first kappa shape index (κ1) is 24.8. The van der Waals surface area contributed by atoms with Crippen molar-refractivity contribution in [2.45, 2.75) is 64.0 Å². The molecule has 0 spiro atoms. The van der Waals surface area contributed by atoms with Gasteiger partial charge in [-0.05, 0) is 46.9 Å². The number of rotatable bonds is 9. The summed E-state index contributed by atoms with van der Waals surface area (Å²) in [6.07, 6.45) is 2.85. The van der Waals surface area contributed by atoms with E-state index in [1.165, 1.54) is 11.1 Å². The number of fused-ring (bicyclic) bond motifs is 3. The number of carbonyl (C=O) groups is 3. The van der Waals surface area contributed by atoms with Gasteiger partial charge in [0.2, 0.25) is 5.91 Å². The molecule has 1 unspecified atom stereocenters. The molecule has 0 radical (unpaired) electrons. The van der Waals surface area contributed by atoms with Crippen molar-refractivity contribution in [3.63, 3.8) is 0 Å². The smallest absolute Gasteiger partial charge is 0.407 e. The summed E-state index contributed by atoms with van der Waals surface area (Å²) in [5.74, 6) is -1.51. The molecule has 4 atom stereocenters. The van der Waals surface area contributed by atoms with E-state index >= 15 is 0 Å². The van der Waals surface area contributed by atoms with E-state index in [2.05, 4.69) is 34.9 Å². The quantitative estimate of drug-likeness (QED) is 0.485. The van der Waals surface area contributed by atoms with Gasteiger partial charge in [0.1, 0.15) is 12.6 Å². The largest absolute Gasteiger partial charge is 0.480 e. The highest BCUT2D eigenvalue weighted by Gasteiger charge is 2.34. The molecular weight excluding hydrogens is 444 g/mol. The van der Waals surface area contributed by atoms with E-state index in [1.807, 2.05) is 38.1 Å². The van der Waals surface area contributed by atoms with Gasteiger partial charge in [0.15, 0.2) is 0 Å². The summed E-state index contributed by atoms with van der Waals surface area (Å²) in [5.41, 5.74) is 4.67. The third-order valence-electron chi connectivity index (χ3n) is 7.55. The summed E-state index contributed by atoms with van der Waals surface area (Å²) in [6.45, 7) is 3.96. The maximum atomic E-state index is 12.7. The molecule has 2 aromatic carbocycles. The van der Waals surface area contributed by atoms with Gasteiger partial charge < -0.3 is 20.5 Å². The van der Waals surface area contributed by atoms with Gasteiger partial charge in [0, 0.05) is 18.4 Å². The number of carboxylic acid groups (broad SMARTS) is 1. The summed E-state index contributed by atoms with van der Waals surface area (Å²) in [6, 6.07) is 15.3. The lowest BCUT2D eigenvalue weighted by atomic mass is 9.96. The fraction of sp³-hybridized carbons (Fsp3) is 0.464. The van der Waals surface area contributed by atoms with Crippen molar-refractivity contribution >= 4 is 18.0 Å². The predicted molar refractivity (Wildman–Crippen MR) is 133 cm³/mol. The zero-order chi connectivity index (χ0) is 24.9. The first-order valence-corrected chi connectivity index (χ1v) is 12.5. The van der Waals surface area contributed by atoms with Crippen molar-refractivity contribution in [1.29, 1.82) is 0 Å². The van der Waals surface area contributed by atoms with Crippen LogP contribution in [-0.2, 0) is 14.3 Å². The van der Waals surface area contributed by atoms with E-state index in [0.717, 1.165) is 30.4 Å². The van der Waals surface area contributed by atoms with Crippen LogP contribution in [0.15, 0.2) is 48.5 Å². The molecule has 2 amide bonds.